The van der Waals surface area contributed by atoms with Gasteiger partial charge in [-0.25, -0.2) is 0 Å². The summed E-state index contributed by atoms with van der Waals surface area (Å²) >= 11 is 5.40. The van der Waals surface area contributed by atoms with E-state index in [-0.39, 0.29) is 12.0 Å². The summed E-state index contributed by atoms with van der Waals surface area (Å²) in [5, 5.41) is 2.72. The molecule has 1 fully saturated rings. The van der Waals surface area contributed by atoms with Gasteiger partial charge in [-0.15, -0.1) is 11.6 Å². The number of halogens is 1. The average molecular weight is 208 g/mol. The van der Waals surface area contributed by atoms with Crippen LogP contribution in [0.25, 0.3) is 0 Å². The second-order valence-corrected chi connectivity index (χ2v) is 3.19. The molecule has 1 saturated heterocycles. The molecule has 13 heavy (non-hydrogen) atoms. The number of carbonyl (C=O) groups is 1. The molecule has 1 aliphatic rings. The lowest BCUT2D eigenvalue weighted by molar-refractivity contribution is -0.123. The Bertz CT molecular complexity index is 159. The van der Waals surface area contributed by atoms with E-state index in [9.17, 15) is 4.79 Å². The molecule has 4 nitrogen and oxygen atoms in total. The highest BCUT2D eigenvalue weighted by molar-refractivity contribution is 6.18. The molecule has 1 unspecified atom stereocenters. The van der Waals surface area contributed by atoms with E-state index in [1.54, 1.807) is 0 Å². The Morgan fingerprint density at radius 3 is 3.00 bits per heavy atom. The zero-order valence-electron chi connectivity index (χ0n) is 7.42. The Morgan fingerprint density at radius 1 is 1.54 bits per heavy atom. The molecule has 0 aromatic rings. The van der Waals surface area contributed by atoms with Gasteiger partial charge in [0.25, 0.3) is 0 Å². The van der Waals surface area contributed by atoms with Crippen LogP contribution in [0.5, 0.6) is 0 Å². The lowest BCUT2D eigenvalue weighted by atomic mass is 10.3. The molecular weight excluding hydrogens is 194 g/mol. The lowest BCUT2D eigenvalue weighted by Gasteiger charge is -2.22. The van der Waals surface area contributed by atoms with E-state index in [0.717, 1.165) is 0 Å². The maximum absolute atomic E-state index is 11.0. The van der Waals surface area contributed by atoms with Crippen molar-refractivity contribution in [3.63, 3.8) is 0 Å². The maximum Gasteiger partial charge on any atom is 0.221 e. The first-order valence-electron chi connectivity index (χ1n) is 4.35. The SMILES string of the molecule is O=C(CCCl)NCC1COCCO1. The van der Waals surface area contributed by atoms with Crippen LogP contribution in [0.2, 0.25) is 0 Å². The van der Waals surface area contributed by atoms with Crippen LogP contribution in [0.15, 0.2) is 0 Å². The summed E-state index contributed by atoms with van der Waals surface area (Å²) in [6.07, 6.45) is 0.350. The monoisotopic (exact) mass is 207 g/mol. The zero-order chi connectivity index (χ0) is 9.52. The van der Waals surface area contributed by atoms with Gasteiger partial charge in [-0.3, -0.25) is 4.79 Å². The van der Waals surface area contributed by atoms with Crippen LogP contribution < -0.4 is 5.32 Å². The summed E-state index contributed by atoms with van der Waals surface area (Å²) in [4.78, 5) is 11.0. The quantitative estimate of drug-likeness (QED) is 0.668. The van der Waals surface area contributed by atoms with Crippen molar-refractivity contribution in [3.8, 4) is 0 Å². The van der Waals surface area contributed by atoms with Crippen LogP contribution in [-0.4, -0.2) is 44.3 Å². The highest BCUT2D eigenvalue weighted by Crippen LogP contribution is 1.98. The minimum absolute atomic E-state index is 0.00646. The van der Waals surface area contributed by atoms with Gasteiger partial charge in [0, 0.05) is 18.8 Å². The van der Waals surface area contributed by atoms with Gasteiger partial charge in [0.05, 0.1) is 25.9 Å². The number of hydrogen-bond acceptors (Lipinski definition) is 3. The van der Waals surface area contributed by atoms with Crippen LogP contribution in [0.4, 0.5) is 0 Å². The molecule has 1 atom stereocenters. The summed E-state index contributed by atoms with van der Waals surface area (Å²) in [6, 6.07) is 0. The fraction of sp³-hybridized carbons (Fsp3) is 0.875. The van der Waals surface area contributed by atoms with Crippen molar-refractivity contribution in [3.05, 3.63) is 0 Å². The first-order valence-corrected chi connectivity index (χ1v) is 4.88. The topological polar surface area (TPSA) is 47.6 Å². The van der Waals surface area contributed by atoms with E-state index < -0.39 is 0 Å². The van der Waals surface area contributed by atoms with E-state index in [1.807, 2.05) is 0 Å². The van der Waals surface area contributed by atoms with Crippen LogP contribution in [-0.2, 0) is 14.3 Å². The summed E-state index contributed by atoms with van der Waals surface area (Å²) < 4.78 is 10.5. The molecule has 1 heterocycles. The molecule has 0 aliphatic carbocycles. The van der Waals surface area contributed by atoms with E-state index in [2.05, 4.69) is 5.32 Å². The number of rotatable bonds is 4. The van der Waals surface area contributed by atoms with E-state index >= 15 is 0 Å². The molecule has 1 amide bonds. The molecule has 1 aliphatic heterocycles. The van der Waals surface area contributed by atoms with E-state index in [4.69, 9.17) is 21.1 Å². The molecule has 0 spiro atoms. The first-order chi connectivity index (χ1) is 6.33. The summed E-state index contributed by atoms with van der Waals surface area (Å²) in [6.45, 7) is 2.32. The number of carbonyl (C=O) groups excluding carboxylic acids is 1. The molecule has 0 aromatic carbocycles. The second-order valence-electron chi connectivity index (χ2n) is 2.81. The van der Waals surface area contributed by atoms with Gasteiger partial charge in [-0.2, -0.15) is 0 Å². The molecule has 0 bridgehead atoms. The summed E-state index contributed by atoms with van der Waals surface area (Å²) in [5.74, 6) is 0.317. The Labute approximate surface area is 82.5 Å². The second kappa shape index (κ2) is 6.18. The van der Waals surface area contributed by atoms with Crippen molar-refractivity contribution in [1.29, 1.82) is 0 Å². The molecule has 5 heteroatoms. The van der Waals surface area contributed by atoms with Crippen LogP contribution in [0, 0.1) is 0 Å². The zero-order valence-corrected chi connectivity index (χ0v) is 8.18. The van der Waals surface area contributed by atoms with E-state index in [1.165, 1.54) is 0 Å². The van der Waals surface area contributed by atoms with Gasteiger partial charge in [0.15, 0.2) is 0 Å². The number of ether oxygens (including phenoxy) is 2. The molecular formula is C8H14ClNO3. The first kappa shape index (κ1) is 10.8. The Balaban J connectivity index is 2.06. The lowest BCUT2D eigenvalue weighted by Crippen LogP contribution is -2.39. The number of nitrogens with one attached hydrogen (secondary N) is 1. The smallest absolute Gasteiger partial charge is 0.221 e. The minimum Gasteiger partial charge on any atom is -0.376 e. The van der Waals surface area contributed by atoms with Gasteiger partial charge < -0.3 is 14.8 Å². The van der Waals surface area contributed by atoms with Crippen molar-refractivity contribution in [2.75, 3.05) is 32.2 Å². The highest BCUT2D eigenvalue weighted by Gasteiger charge is 2.14. The molecule has 76 valence electrons. The molecule has 0 aromatic heterocycles. The number of hydrogen-bond donors (Lipinski definition) is 1. The maximum atomic E-state index is 11.0. The van der Waals surface area contributed by atoms with Crippen LogP contribution in [0.3, 0.4) is 0 Å². The average Bonchev–Trinajstić information content (AvgIpc) is 2.17. The van der Waals surface area contributed by atoms with Crippen molar-refractivity contribution in [1.82, 2.24) is 5.32 Å². The third kappa shape index (κ3) is 4.45. The Morgan fingerprint density at radius 2 is 2.38 bits per heavy atom. The van der Waals surface area contributed by atoms with Crippen LogP contribution >= 0.6 is 11.6 Å². The van der Waals surface area contributed by atoms with Gasteiger partial charge in [0.2, 0.25) is 5.91 Å². The number of alkyl halides is 1. The largest absolute Gasteiger partial charge is 0.376 e. The van der Waals surface area contributed by atoms with Crippen molar-refractivity contribution in [2.24, 2.45) is 0 Å². The minimum atomic E-state index is -0.0378. The Kier molecular flexibility index (Phi) is 5.12. The molecule has 1 rings (SSSR count). The summed E-state index contributed by atoms with van der Waals surface area (Å²) in [7, 11) is 0. The van der Waals surface area contributed by atoms with Gasteiger partial charge in [0.1, 0.15) is 0 Å². The predicted octanol–water partition coefficient (Wildman–Crippen LogP) is 0.147. The third-order valence-corrected chi connectivity index (χ3v) is 1.92. The normalized spacial score (nSPS) is 22.7. The predicted molar refractivity (Wildman–Crippen MR) is 48.9 cm³/mol. The molecule has 1 N–H and O–H groups in total. The van der Waals surface area contributed by atoms with E-state index in [0.29, 0.717) is 38.7 Å². The fourth-order valence-electron chi connectivity index (χ4n) is 1.06. The van der Waals surface area contributed by atoms with Crippen molar-refractivity contribution < 1.29 is 14.3 Å². The van der Waals surface area contributed by atoms with Gasteiger partial charge >= 0.3 is 0 Å². The number of amides is 1. The Hall–Kier alpha value is -0.320. The molecule has 0 saturated carbocycles. The highest BCUT2D eigenvalue weighted by atomic mass is 35.5. The third-order valence-electron chi connectivity index (χ3n) is 1.73. The standard InChI is InChI=1S/C8H14ClNO3/c9-2-1-8(11)10-5-7-6-12-3-4-13-7/h7H,1-6H2,(H,10,11). The molecule has 0 radical (unpaired) electrons. The fourth-order valence-corrected chi connectivity index (χ4v) is 1.23. The van der Waals surface area contributed by atoms with Crippen molar-refractivity contribution in [2.45, 2.75) is 12.5 Å². The van der Waals surface area contributed by atoms with Gasteiger partial charge in [-0.1, -0.05) is 0 Å². The van der Waals surface area contributed by atoms with Crippen LogP contribution in [0.1, 0.15) is 6.42 Å². The summed E-state index contributed by atoms with van der Waals surface area (Å²) in [5.41, 5.74) is 0. The van der Waals surface area contributed by atoms with Gasteiger partial charge in [-0.05, 0) is 0 Å². The van der Waals surface area contributed by atoms with Crippen molar-refractivity contribution >= 4 is 17.5 Å².